The fourth-order valence-corrected chi connectivity index (χ4v) is 0.899. The van der Waals surface area contributed by atoms with Gasteiger partial charge in [0.05, 0.1) is 0 Å². The van der Waals surface area contributed by atoms with Gasteiger partial charge in [0.15, 0.2) is 0 Å². The summed E-state index contributed by atoms with van der Waals surface area (Å²) in [7, 11) is 0. The average molecular weight is 196 g/mol. The Bertz CT molecular complexity index is 388. The summed E-state index contributed by atoms with van der Waals surface area (Å²) in [4.78, 5) is 10.2. The lowest BCUT2D eigenvalue weighted by molar-refractivity contribution is -0.166. The van der Waals surface area contributed by atoms with Crippen LogP contribution < -0.4 is 0 Å². The van der Waals surface area contributed by atoms with E-state index in [0.717, 1.165) is 12.1 Å². The normalized spacial score (nSPS) is 10.6. The molecule has 0 aliphatic rings. The SMILES string of the molecule is C#Cc1ccc(C(F)(F)C(=O)O)cc1. The number of alkyl halides is 2. The van der Waals surface area contributed by atoms with Crippen LogP contribution >= 0.6 is 0 Å². The molecular formula is C10H6F2O2. The van der Waals surface area contributed by atoms with Crippen molar-refractivity contribution in [3.05, 3.63) is 35.4 Å². The van der Waals surface area contributed by atoms with Crippen molar-refractivity contribution in [2.75, 3.05) is 0 Å². The smallest absolute Gasteiger partial charge is 0.379 e. The van der Waals surface area contributed by atoms with Gasteiger partial charge in [0, 0.05) is 11.1 Å². The third kappa shape index (κ3) is 1.72. The number of carbonyl (C=O) groups is 1. The van der Waals surface area contributed by atoms with Gasteiger partial charge in [0.2, 0.25) is 0 Å². The van der Waals surface area contributed by atoms with Crippen LogP contribution in [0.1, 0.15) is 11.1 Å². The number of benzene rings is 1. The fraction of sp³-hybridized carbons (Fsp3) is 0.100. The van der Waals surface area contributed by atoms with Crippen LogP contribution in [0.15, 0.2) is 24.3 Å². The van der Waals surface area contributed by atoms with Crippen LogP contribution in [0.5, 0.6) is 0 Å². The Morgan fingerprint density at radius 2 is 1.86 bits per heavy atom. The zero-order valence-corrected chi connectivity index (χ0v) is 7.00. The number of terminal acetylenes is 1. The highest BCUT2D eigenvalue weighted by Gasteiger charge is 2.40. The van der Waals surface area contributed by atoms with E-state index < -0.39 is 17.5 Å². The minimum Gasteiger partial charge on any atom is -0.477 e. The third-order valence-corrected chi connectivity index (χ3v) is 1.68. The number of halogens is 2. The number of hydrogen-bond donors (Lipinski definition) is 1. The molecule has 1 rings (SSSR count). The molecule has 2 nitrogen and oxygen atoms in total. The Labute approximate surface area is 79.2 Å². The Morgan fingerprint density at radius 1 is 1.36 bits per heavy atom. The highest BCUT2D eigenvalue weighted by molar-refractivity contribution is 5.77. The predicted molar refractivity (Wildman–Crippen MR) is 45.9 cm³/mol. The second-order valence-electron chi connectivity index (χ2n) is 2.60. The zero-order chi connectivity index (χ0) is 10.8. The summed E-state index contributed by atoms with van der Waals surface area (Å²) in [5.74, 6) is -3.80. The van der Waals surface area contributed by atoms with E-state index in [-0.39, 0.29) is 0 Å². The van der Waals surface area contributed by atoms with E-state index in [4.69, 9.17) is 11.5 Å². The molecule has 0 aromatic heterocycles. The van der Waals surface area contributed by atoms with Crippen LogP contribution in [-0.4, -0.2) is 11.1 Å². The van der Waals surface area contributed by atoms with Crippen LogP contribution in [0.25, 0.3) is 0 Å². The number of aliphatic carboxylic acids is 1. The molecule has 14 heavy (non-hydrogen) atoms. The average Bonchev–Trinajstić information content (AvgIpc) is 2.17. The number of hydrogen-bond acceptors (Lipinski definition) is 1. The monoisotopic (exact) mass is 196 g/mol. The first kappa shape index (κ1) is 10.2. The maximum absolute atomic E-state index is 12.9. The van der Waals surface area contributed by atoms with Crippen molar-refractivity contribution in [2.45, 2.75) is 5.92 Å². The van der Waals surface area contributed by atoms with E-state index in [1.807, 2.05) is 0 Å². The lowest BCUT2D eigenvalue weighted by Gasteiger charge is -2.10. The van der Waals surface area contributed by atoms with Gasteiger partial charge in [-0.3, -0.25) is 0 Å². The summed E-state index contributed by atoms with van der Waals surface area (Å²) in [6, 6.07) is 4.55. The second kappa shape index (κ2) is 3.46. The van der Waals surface area contributed by atoms with Gasteiger partial charge >= 0.3 is 11.9 Å². The molecular weight excluding hydrogens is 190 g/mol. The third-order valence-electron chi connectivity index (χ3n) is 1.68. The van der Waals surface area contributed by atoms with Gasteiger partial charge in [0.25, 0.3) is 0 Å². The van der Waals surface area contributed by atoms with Crippen LogP contribution in [-0.2, 0) is 10.7 Å². The number of carboxylic acids is 1. The topological polar surface area (TPSA) is 37.3 Å². The highest BCUT2D eigenvalue weighted by atomic mass is 19.3. The Morgan fingerprint density at radius 3 is 2.21 bits per heavy atom. The van der Waals surface area contributed by atoms with E-state index in [1.54, 1.807) is 0 Å². The van der Waals surface area contributed by atoms with Gasteiger partial charge in [-0.25, -0.2) is 4.79 Å². The summed E-state index contributed by atoms with van der Waals surface area (Å²) in [6.07, 6.45) is 5.01. The van der Waals surface area contributed by atoms with Gasteiger partial charge in [-0.1, -0.05) is 18.1 Å². The van der Waals surface area contributed by atoms with Crippen molar-refractivity contribution in [1.29, 1.82) is 0 Å². The summed E-state index contributed by atoms with van der Waals surface area (Å²) >= 11 is 0. The minimum atomic E-state index is -3.87. The Kier molecular flexibility index (Phi) is 2.52. The standard InChI is InChI=1S/C10H6F2O2/c1-2-7-3-5-8(6-4-7)10(11,12)9(13)14/h1,3-6H,(H,13,14). The zero-order valence-electron chi connectivity index (χ0n) is 7.00. The molecule has 1 aromatic rings. The Balaban J connectivity index is 3.10. The van der Waals surface area contributed by atoms with Crippen molar-refractivity contribution in [3.63, 3.8) is 0 Å². The van der Waals surface area contributed by atoms with Crippen LogP contribution in [0.4, 0.5) is 8.78 Å². The molecule has 0 atom stereocenters. The summed E-state index contributed by atoms with van der Waals surface area (Å²) in [5, 5.41) is 8.23. The van der Waals surface area contributed by atoms with Gasteiger partial charge in [-0.2, -0.15) is 8.78 Å². The molecule has 1 N–H and O–H groups in total. The molecule has 0 fully saturated rings. The van der Waals surface area contributed by atoms with Crippen molar-refractivity contribution in [1.82, 2.24) is 0 Å². The van der Waals surface area contributed by atoms with E-state index in [2.05, 4.69) is 5.92 Å². The summed E-state index contributed by atoms with van der Waals surface area (Å²) in [6.45, 7) is 0. The van der Waals surface area contributed by atoms with Gasteiger partial charge in [-0.05, 0) is 12.1 Å². The van der Waals surface area contributed by atoms with E-state index in [1.165, 1.54) is 12.1 Å². The molecule has 0 saturated carbocycles. The maximum Gasteiger partial charge on any atom is 0.379 e. The van der Waals surface area contributed by atoms with Crippen LogP contribution in [0.3, 0.4) is 0 Å². The largest absolute Gasteiger partial charge is 0.477 e. The summed E-state index contributed by atoms with van der Waals surface area (Å²) < 4.78 is 25.7. The highest BCUT2D eigenvalue weighted by Crippen LogP contribution is 2.27. The quantitative estimate of drug-likeness (QED) is 0.733. The molecule has 0 heterocycles. The van der Waals surface area contributed by atoms with E-state index >= 15 is 0 Å². The van der Waals surface area contributed by atoms with Crippen molar-refractivity contribution in [2.24, 2.45) is 0 Å². The molecule has 0 amide bonds. The molecule has 0 radical (unpaired) electrons. The van der Waals surface area contributed by atoms with Crippen LogP contribution in [0.2, 0.25) is 0 Å². The lowest BCUT2D eigenvalue weighted by atomic mass is 10.1. The second-order valence-corrected chi connectivity index (χ2v) is 2.60. The van der Waals surface area contributed by atoms with E-state index in [0.29, 0.717) is 5.56 Å². The van der Waals surface area contributed by atoms with E-state index in [9.17, 15) is 13.6 Å². The maximum atomic E-state index is 12.9. The fourth-order valence-electron chi connectivity index (χ4n) is 0.899. The molecule has 0 spiro atoms. The van der Waals surface area contributed by atoms with Crippen molar-refractivity contribution >= 4 is 5.97 Å². The van der Waals surface area contributed by atoms with Crippen LogP contribution in [0, 0.1) is 12.3 Å². The molecule has 1 aromatic carbocycles. The molecule has 72 valence electrons. The molecule has 0 aliphatic heterocycles. The molecule has 0 unspecified atom stereocenters. The first-order chi connectivity index (χ1) is 6.48. The number of carboxylic acid groups (broad SMARTS) is 1. The molecule has 0 saturated heterocycles. The molecule has 0 bridgehead atoms. The van der Waals surface area contributed by atoms with Crippen molar-refractivity contribution in [3.8, 4) is 12.3 Å². The van der Waals surface area contributed by atoms with Gasteiger partial charge in [0.1, 0.15) is 0 Å². The first-order valence-electron chi connectivity index (χ1n) is 3.67. The first-order valence-corrected chi connectivity index (χ1v) is 3.67. The molecule has 4 heteroatoms. The lowest BCUT2D eigenvalue weighted by Crippen LogP contribution is -2.25. The van der Waals surface area contributed by atoms with Gasteiger partial charge < -0.3 is 5.11 Å². The predicted octanol–water partition coefficient (Wildman–Crippen LogP) is 1.84. The minimum absolute atomic E-state index is 0.426. The van der Waals surface area contributed by atoms with Crippen molar-refractivity contribution < 1.29 is 18.7 Å². The van der Waals surface area contributed by atoms with Gasteiger partial charge in [-0.15, -0.1) is 6.42 Å². The Hall–Kier alpha value is -1.89. The summed E-state index contributed by atoms with van der Waals surface area (Å²) in [5.41, 5.74) is -0.154. The number of rotatable bonds is 2. The molecule has 0 aliphatic carbocycles.